The number of nitrogens with two attached hydrogens (primary N) is 1. The van der Waals surface area contributed by atoms with Crippen molar-refractivity contribution in [1.29, 1.82) is 5.26 Å². The minimum Gasteiger partial charge on any atom is -0.507 e. The van der Waals surface area contributed by atoms with Crippen LogP contribution in [0.5, 0.6) is 5.75 Å². The first-order valence-electron chi connectivity index (χ1n) is 11.2. The number of nitriles is 1. The molecule has 0 atom stereocenters. The monoisotopic (exact) mass is 470 g/mol. The van der Waals surface area contributed by atoms with E-state index in [4.69, 9.17) is 5.73 Å². The lowest BCUT2D eigenvalue weighted by Gasteiger charge is -2.33. The molecule has 9 heteroatoms. The van der Waals surface area contributed by atoms with Gasteiger partial charge < -0.3 is 21.1 Å². The van der Waals surface area contributed by atoms with Gasteiger partial charge in [-0.1, -0.05) is 24.3 Å². The van der Waals surface area contributed by atoms with Crippen LogP contribution in [0.1, 0.15) is 12.5 Å². The number of nitrogens with zero attached hydrogens (tertiary/aromatic N) is 4. The Kier molecular flexibility index (Phi) is 6.94. The quantitative estimate of drug-likeness (QED) is 0.522. The summed E-state index contributed by atoms with van der Waals surface area (Å²) in [5.41, 5.74) is 9.06. The van der Waals surface area contributed by atoms with Gasteiger partial charge in [0, 0.05) is 49.9 Å². The first-order chi connectivity index (χ1) is 16.9. The van der Waals surface area contributed by atoms with Crippen LogP contribution in [0, 0.1) is 11.3 Å². The molecule has 178 valence electrons. The largest absolute Gasteiger partial charge is 0.507 e. The Hall–Kier alpha value is -4.42. The second-order valence-corrected chi connectivity index (χ2v) is 8.36. The average molecular weight is 471 g/mol. The number of carbonyl (C=O) groups excluding carboxylic acids is 2. The molecule has 1 aliphatic heterocycles. The molecular weight excluding hydrogens is 444 g/mol. The van der Waals surface area contributed by atoms with Gasteiger partial charge >= 0.3 is 0 Å². The zero-order chi connectivity index (χ0) is 24.9. The maximum Gasteiger partial charge on any atom is 0.238 e. The smallest absolute Gasteiger partial charge is 0.238 e. The highest BCUT2D eigenvalue weighted by atomic mass is 16.3. The van der Waals surface area contributed by atoms with Crippen LogP contribution in [-0.4, -0.2) is 64.4 Å². The first-order valence-corrected chi connectivity index (χ1v) is 11.2. The van der Waals surface area contributed by atoms with Gasteiger partial charge in [-0.15, -0.1) is 0 Å². The fraction of sp³-hybridized carbons (Fsp3) is 0.231. The fourth-order valence-electron chi connectivity index (χ4n) is 4.13. The van der Waals surface area contributed by atoms with Crippen LogP contribution in [0.3, 0.4) is 0 Å². The van der Waals surface area contributed by atoms with Crippen molar-refractivity contribution >= 4 is 23.3 Å². The Labute approximate surface area is 203 Å². The van der Waals surface area contributed by atoms with E-state index in [1.54, 1.807) is 60.4 Å². The molecule has 0 radical (unpaired) electrons. The van der Waals surface area contributed by atoms with E-state index in [1.807, 2.05) is 11.0 Å². The number of aromatic hydroxyl groups is 1. The summed E-state index contributed by atoms with van der Waals surface area (Å²) in [7, 11) is 0. The van der Waals surface area contributed by atoms with Gasteiger partial charge in [0.2, 0.25) is 11.8 Å². The highest BCUT2D eigenvalue weighted by Gasteiger charge is 2.20. The molecule has 35 heavy (non-hydrogen) atoms. The van der Waals surface area contributed by atoms with Crippen molar-refractivity contribution in [3.63, 3.8) is 0 Å². The molecule has 0 spiro atoms. The number of aromatic nitrogens is 1. The topological polar surface area (TPSA) is 136 Å². The van der Waals surface area contributed by atoms with Gasteiger partial charge in [0.05, 0.1) is 12.2 Å². The van der Waals surface area contributed by atoms with Crippen LogP contribution in [0.25, 0.3) is 22.4 Å². The molecule has 0 aliphatic carbocycles. The van der Waals surface area contributed by atoms with Crippen molar-refractivity contribution < 1.29 is 14.7 Å². The van der Waals surface area contributed by atoms with Crippen molar-refractivity contribution in [2.75, 3.05) is 43.8 Å². The molecule has 2 aromatic carbocycles. The molecule has 2 heterocycles. The van der Waals surface area contributed by atoms with Gasteiger partial charge in [-0.25, -0.2) is 4.98 Å². The van der Waals surface area contributed by atoms with E-state index in [0.29, 0.717) is 54.3 Å². The molecule has 9 nitrogen and oxygen atoms in total. The molecule has 4 rings (SSSR count). The van der Waals surface area contributed by atoms with Gasteiger partial charge in [-0.05, 0) is 35.9 Å². The summed E-state index contributed by atoms with van der Waals surface area (Å²) in [6.45, 7) is 4.28. The predicted molar refractivity (Wildman–Crippen MR) is 133 cm³/mol. The van der Waals surface area contributed by atoms with E-state index in [-0.39, 0.29) is 35.5 Å². The molecule has 1 fully saturated rings. The van der Waals surface area contributed by atoms with Crippen LogP contribution in [0.4, 0.5) is 11.5 Å². The molecule has 3 aromatic rings. The average Bonchev–Trinajstić information content (AvgIpc) is 2.84. The number of piperazine rings is 1. The van der Waals surface area contributed by atoms with E-state index in [1.165, 1.54) is 0 Å². The SMILES string of the molecule is CC(=O)N1CCN(CC(=O)Nc2cccc(-c3cc(-c4ccccc4O)nc(N)c3C#N)c2)CC1. The molecule has 1 saturated heterocycles. The number of benzene rings is 2. The summed E-state index contributed by atoms with van der Waals surface area (Å²) in [4.78, 5) is 32.2. The number of nitrogens with one attached hydrogen (secondary N) is 1. The molecule has 0 bridgehead atoms. The summed E-state index contributed by atoms with van der Waals surface area (Å²) in [6.07, 6.45) is 0. The standard InChI is InChI=1S/C26H26N6O3/c1-17(33)32-11-9-31(10-12-32)16-25(35)29-19-6-4-5-18(13-19)21-14-23(30-26(28)22(21)15-27)20-7-2-3-8-24(20)34/h2-8,13-14,34H,9-12,16H2,1H3,(H2,28,30)(H,29,35). The molecule has 2 amide bonds. The van der Waals surface area contributed by atoms with Crippen LogP contribution in [-0.2, 0) is 9.59 Å². The third kappa shape index (κ3) is 5.39. The molecule has 1 aliphatic rings. The number of amides is 2. The van der Waals surface area contributed by atoms with Gasteiger partial charge in [-0.2, -0.15) is 5.26 Å². The minimum atomic E-state index is -0.164. The second-order valence-electron chi connectivity index (χ2n) is 8.36. The number of anilines is 2. The van der Waals surface area contributed by atoms with Crippen molar-refractivity contribution in [2.45, 2.75) is 6.92 Å². The Morgan fingerprint density at radius 3 is 2.51 bits per heavy atom. The van der Waals surface area contributed by atoms with E-state index in [0.717, 1.165) is 0 Å². The number of rotatable bonds is 5. The van der Waals surface area contributed by atoms with Crippen molar-refractivity contribution in [1.82, 2.24) is 14.8 Å². The maximum atomic E-state index is 12.7. The van der Waals surface area contributed by atoms with Gasteiger partial charge in [0.25, 0.3) is 0 Å². The number of para-hydroxylation sites is 1. The summed E-state index contributed by atoms with van der Waals surface area (Å²) < 4.78 is 0. The highest BCUT2D eigenvalue weighted by molar-refractivity contribution is 5.93. The van der Waals surface area contributed by atoms with Crippen LogP contribution < -0.4 is 11.1 Å². The number of hydrogen-bond acceptors (Lipinski definition) is 7. The molecular formula is C26H26N6O3. The zero-order valence-corrected chi connectivity index (χ0v) is 19.4. The summed E-state index contributed by atoms with van der Waals surface area (Å²) >= 11 is 0. The number of hydrogen-bond donors (Lipinski definition) is 3. The van der Waals surface area contributed by atoms with E-state index >= 15 is 0 Å². The second kappa shape index (κ2) is 10.2. The number of phenols is 1. The Bertz CT molecular complexity index is 1310. The van der Waals surface area contributed by atoms with Gasteiger partial charge in [-0.3, -0.25) is 14.5 Å². The fourth-order valence-corrected chi connectivity index (χ4v) is 4.13. The zero-order valence-electron chi connectivity index (χ0n) is 19.4. The lowest BCUT2D eigenvalue weighted by Crippen LogP contribution is -2.49. The Balaban J connectivity index is 1.55. The Morgan fingerprint density at radius 2 is 1.83 bits per heavy atom. The maximum absolute atomic E-state index is 12.7. The van der Waals surface area contributed by atoms with Gasteiger partial charge in [0.1, 0.15) is 23.2 Å². The minimum absolute atomic E-state index is 0.0463. The first kappa shape index (κ1) is 23.7. The molecule has 4 N–H and O–H groups in total. The van der Waals surface area contributed by atoms with E-state index < -0.39 is 0 Å². The highest BCUT2D eigenvalue weighted by Crippen LogP contribution is 2.35. The molecule has 0 saturated carbocycles. The predicted octanol–water partition coefficient (Wildman–Crippen LogP) is 2.68. The van der Waals surface area contributed by atoms with E-state index in [9.17, 15) is 20.0 Å². The normalized spacial score (nSPS) is 13.8. The van der Waals surface area contributed by atoms with Gasteiger partial charge in [0.15, 0.2) is 0 Å². The summed E-state index contributed by atoms with van der Waals surface area (Å²) in [5.74, 6) is -0.00397. The third-order valence-corrected chi connectivity index (χ3v) is 5.98. The summed E-state index contributed by atoms with van der Waals surface area (Å²) in [6, 6.07) is 17.7. The van der Waals surface area contributed by atoms with Crippen molar-refractivity contribution in [3.05, 3.63) is 60.2 Å². The summed E-state index contributed by atoms with van der Waals surface area (Å²) in [5, 5.41) is 22.9. The number of carbonyl (C=O) groups is 2. The van der Waals surface area contributed by atoms with Crippen LogP contribution in [0.2, 0.25) is 0 Å². The Morgan fingerprint density at radius 1 is 1.09 bits per heavy atom. The third-order valence-electron chi connectivity index (χ3n) is 5.98. The van der Waals surface area contributed by atoms with Crippen molar-refractivity contribution in [2.24, 2.45) is 0 Å². The van der Waals surface area contributed by atoms with E-state index in [2.05, 4.69) is 16.4 Å². The molecule has 1 aromatic heterocycles. The van der Waals surface area contributed by atoms with Crippen molar-refractivity contribution in [3.8, 4) is 34.2 Å². The van der Waals surface area contributed by atoms with Crippen LogP contribution >= 0.6 is 0 Å². The number of pyridine rings is 1. The lowest BCUT2D eigenvalue weighted by molar-refractivity contribution is -0.130. The lowest BCUT2D eigenvalue weighted by atomic mass is 9.98. The number of phenolic OH excluding ortho intramolecular Hbond substituents is 1. The molecule has 0 unspecified atom stereocenters. The van der Waals surface area contributed by atoms with Crippen LogP contribution in [0.15, 0.2) is 54.6 Å². The number of nitrogen functional groups attached to an aromatic ring is 1.